The van der Waals surface area contributed by atoms with Gasteiger partial charge < -0.3 is 10.6 Å². The molecule has 2 N–H and O–H groups in total. The van der Waals surface area contributed by atoms with Crippen LogP contribution in [0.15, 0.2) is 46.1 Å². The van der Waals surface area contributed by atoms with Gasteiger partial charge >= 0.3 is 0 Å². The number of rotatable bonds is 7. The van der Waals surface area contributed by atoms with Gasteiger partial charge in [0.2, 0.25) is 0 Å². The van der Waals surface area contributed by atoms with Gasteiger partial charge in [-0.25, -0.2) is 15.0 Å². The highest BCUT2D eigenvalue weighted by molar-refractivity contribution is 7.10. The number of benzene rings is 1. The molecule has 136 valence electrons. The van der Waals surface area contributed by atoms with E-state index in [0.717, 1.165) is 52.4 Å². The molecule has 0 saturated heterocycles. The molecule has 3 aromatic rings. The third-order valence-corrected chi connectivity index (χ3v) is 5.33. The van der Waals surface area contributed by atoms with Crippen LogP contribution < -0.4 is 10.6 Å². The Balaban J connectivity index is 1.56. The second kappa shape index (κ2) is 9.45. The van der Waals surface area contributed by atoms with Crippen molar-refractivity contribution >= 4 is 28.6 Å². The minimum absolute atomic E-state index is 0.572. The summed E-state index contributed by atoms with van der Waals surface area (Å²) in [6.07, 6.45) is 0.893. The van der Waals surface area contributed by atoms with Gasteiger partial charge in [-0.05, 0) is 13.8 Å². The smallest absolute Gasteiger partial charge is 0.191 e. The van der Waals surface area contributed by atoms with Crippen LogP contribution in [0.5, 0.6) is 0 Å². The number of guanidine groups is 1. The Morgan fingerprint density at radius 3 is 2.65 bits per heavy atom. The molecule has 0 bridgehead atoms. The van der Waals surface area contributed by atoms with Gasteiger partial charge in [-0.2, -0.15) is 0 Å². The van der Waals surface area contributed by atoms with Gasteiger partial charge in [0, 0.05) is 35.8 Å². The van der Waals surface area contributed by atoms with Crippen molar-refractivity contribution in [2.45, 2.75) is 26.8 Å². The summed E-state index contributed by atoms with van der Waals surface area (Å²) in [7, 11) is 0. The Bertz CT molecular complexity index is 839. The van der Waals surface area contributed by atoms with E-state index >= 15 is 0 Å². The quantitative estimate of drug-likeness (QED) is 0.479. The highest BCUT2D eigenvalue weighted by Crippen LogP contribution is 2.21. The molecule has 0 radical (unpaired) electrons. The van der Waals surface area contributed by atoms with Crippen LogP contribution in [0, 0.1) is 6.92 Å². The van der Waals surface area contributed by atoms with E-state index in [-0.39, 0.29) is 0 Å². The van der Waals surface area contributed by atoms with Crippen molar-refractivity contribution in [3.63, 3.8) is 0 Å². The molecule has 0 spiro atoms. The molecule has 0 atom stereocenters. The predicted octanol–water partition coefficient (Wildman–Crippen LogP) is 3.87. The van der Waals surface area contributed by atoms with Crippen molar-refractivity contribution in [1.29, 1.82) is 0 Å². The average molecular weight is 386 g/mol. The number of aromatic nitrogens is 2. The van der Waals surface area contributed by atoms with Crippen molar-refractivity contribution in [3.05, 3.63) is 56.8 Å². The number of nitrogens with zero attached hydrogens (tertiary/aromatic N) is 3. The van der Waals surface area contributed by atoms with E-state index in [1.165, 1.54) is 0 Å². The largest absolute Gasteiger partial charge is 0.357 e. The van der Waals surface area contributed by atoms with Crippen molar-refractivity contribution in [2.24, 2.45) is 4.99 Å². The summed E-state index contributed by atoms with van der Waals surface area (Å²) in [5.41, 5.74) is 3.28. The van der Waals surface area contributed by atoms with Crippen LogP contribution in [0.4, 0.5) is 0 Å². The molecule has 0 amide bonds. The van der Waals surface area contributed by atoms with Gasteiger partial charge in [0.05, 0.1) is 22.9 Å². The highest BCUT2D eigenvalue weighted by Gasteiger charge is 2.05. The van der Waals surface area contributed by atoms with Gasteiger partial charge in [-0.1, -0.05) is 30.3 Å². The van der Waals surface area contributed by atoms with E-state index in [1.807, 2.05) is 25.1 Å². The monoisotopic (exact) mass is 385 g/mol. The van der Waals surface area contributed by atoms with E-state index in [0.29, 0.717) is 6.54 Å². The maximum Gasteiger partial charge on any atom is 0.191 e. The first-order chi connectivity index (χ1) is 12.7. The SMILES string of the molecule is CCNC(=NCc1nc(-c2ccccc2)cs1)NCCc1csc(C)n1. The van der Waals surface area contributed by atoms with Crippen molar-refractivity contribution in [3.8, 4) is 11.3 Å². The predicted molar refractivity (Wildman–Crippen MR) is 111 cm³/mol. The molecule has 0 saturated carbocycles. The van der Waals surface area contributed by atoms with Gasteiger partial charge in [-0.15, -0.1) is 22.7 Å². The van der Waals surface area contributed by atoms with Crippen LogP contribution in [0.2, 0.25) is 0 Å². The zero-order chi connectivity index (χ0) is 18.2. The van der Waals surface area contributed by atoms with Gasteiger partial charge in [0.15, 0.2) is 5.96 Å². The fourth-order valence-corrected chi connectivity index (χ4v) is 3.82. The summed E-state index contributed by atoms with van der Waals surface area (Å²) in [4.78, 5) is 13.8. The zero-order valence-corrected chi connectivity index (χ0v) is 16.7. The fourth-order valence-electron chi connectivity index (χ4n) is 2.45. The van der Waals surface area contributed by atoms with E-state index in [2.05, 4.69) is 50.4 Å². The van der Waals surface area contributed by atoms with Crippen LogP contribution in [-0.4, -0.2) is 29.0 Å². The van der Waals surface area contributed by atoms with E-state index in [1.54, 1.807) is 22.7 Å². The average Bonchev–Trinajstić information content (AvgIpc) is 3.29. The summed E-state index contributed by atoms with van der Waals surface area (Å²) in [6.45, 7) is 6.31. The second-order valence-electron chi connectivity index (χ2n) is 5.72. The van der Waals surface area contributed by atoms with Crippen LogP contribution in [0.3, 0.4) is 0 Å². The molecule has 0 unspecified atom stereocenters. The number of hydrogen-bond donors (Lipinski definition) is 2. The lowest BCUT2D eigenvalue weighted by atomic mass is 10.2. The third kappa shape index (κ3) is 5.37. The first-order valence-electron chi connectivity index (χ1n) is 8.67. The van der Waals surface area contributed by atoms with Crippen molar-refractivity contribution in [1.82, 2.24) is 20.6 Å². The van der Waals surface area contributed by atoms with E-state index in [4.69, 9.17) is 4.98 Å². The normalized spacial score (nSPS) is 11.5. The number of aliphatic imine (C=N–C) groups is 1. The molecule has 5 nitrogen and oxygen atoms in total. The van der Waals surface area contributed by atoms with Crippen LogP contribution >= 0.6 is 22.7 Å². The Morgan fingerprint density at radius 1 is 1.08 bits per heavy atom. The summed E-state index contributed by atoms with van der Waals surface area (Å²) in [5, 5.41) is 13.0. The van der Waals surface area contributed by atoms with Crippen LogP contribution in [0.1, 0.15) is 22.6 Å². The lowest BCUT2D eigenvalue weighted by Crippen LogP contribution is -2.38. The molecule has 2 heterocycles. The minimum Gasteiger partial charge on any atom is -0.357 e. The molecule has 3 rings (SSSR count). The van der Waals surface area contributed by atoms with Crippen LogP contribution in [-0.2, 0) is 13.0 Å². The first kappa shape index (κ1) is 18.5. The molecule has 26 heavy (non-hydrogen) atoms. The number of thiazole rings is 2. The molecule has 2 aromatic heterocycles. The highest BCUT2D eigenvalue weighted by atomic mass is 32.1. The molecule has 0 aliphatic heterocycles. The summed E-state index contributed by atoms with van der Waals surface area (Å²) in [6, 6.07) is 10.2. The number of nitrogens with one attached hydrogen (secondary N) is 2. The minimum atomic E-state index is 0.572. The molecule has 0 aliphatic rings. The Hall–Kier alpha value is -2.25. The maximum atomic E-state index is 4.69. The fraction of sp³-hybridized carbons (Fsp3) is 0.316. The van der Waals surface area contributed by atoms with E-state index < -0.39 is 0 Å². The maximum absolute atomic E-state index is 4.69. The van der Waals surface area contributed by atoms with Gasteiger partial charge in [0.25, 0.3) is 0 Å². The molecular formula is C19H23N5S2. The molecular weight excluding hydrogens is 362 g/mol. The Labute approximate surface area is 162 Å². The van der Waals surface area contributed by atoms with Crippen molar-refractivity contribution in [2.75, 3.05) is 13.1 Å². The second-order valence-corrected chi connectivity index (χ2v) is 7.73. The summed E-state index contributed by atoms with van der Waals surface area (Å²) < 4.78 is 0. The zero-order valence-electron chi connectivity index (χ0n) is 15.0. The first-order valence-corrected chi connectivity index (χ1v) is 10.4. The lowest BCUT2D eigenvalue weighted by Gasteiger charge is -2.10. The van der Waals surface area contributed by atoms with Crippen LogP contribution in [0.25, 0.3) is 11.3 Å². The Morgan fingerprint density at radius 2 is 1.92 bits per heavy atom. The van der Waals surface area contributed by atoms with E-state index in [9.17, 15) is 0 Å². The molecule has 0 fully saturated rings. The lowest BCUT2D eigenvalue weighted by molar-refractivity contribution is 0.789. The topological polar surface area (TPSA) is 62.2 Å². The summed E-state index contributed by atoms with van der Waals surface area (Å²) >= 11 is 3.34. The van der Waals surface area contributed by atoms with Crippen molar-refractivity contribution < 1.29 is 0 Å². The third-order valence-electron chi connectivity index (χ3n) is 3.68. The summed E-state index contributed by atoms with van der Waals surface area (Å²) in [5.74, 6) is 0.816. The molecule has 1 aromatic carbocycles. The number of hydrogen-bond acceptors (Lipinski definition) is 5. The van der Waals surface area contributed by atoms with Gasteiger partial charge in [-0.3, -0.25) is 0 Å². The standard InChI is InChI=1S/C19H23N5S2/c1-3-20-19(21-10-9-16-12-25-14(2)23-16)22-11-18-24-17(13-26-18)15-7-5-4-6-8-15/h4-8,12-13H,3,9-11H2,1-2H3,(H2,20,21,22). The molecule has 7 heteroatoms. The van der Waals surface area contributed by atoms with Gasteiger partial charge in [0.1, 0.15) is 5.01 Å². The number of aryl methyl sites for hydroxylation is 1. The molecule has 0 aliphatic carbocycles. The Kier molecular flexibility index (Phi) is 6.74.